The Morgan fingerprint density at radius 1 is 1.12 bits per heavy atom. The van der Waals surface area contributed by atoms with E-state index in [-0.39, 0.29) is 0 Å². The molecule has 1 saturated carbocycles. The average Bonchev–Trinajstić information content (AvgIpc) is 2.26. The standard InChI is InChI=1S/C12H15Cl2FN2/c13-10-5-7(15)6-11(14)12(10)17-9-3-1-8(16)2-4-9/h5-6,8-9,17H,1-4,16H2. The van der Waals surface area contributed by atoms with Gasteiger partial charge in [0.1, 0.15) is 5.82 Å². The summed E-state index contributed by atoms with van der Waals surface area (Å²) in [6, 6.07) is 3.15. The molecule has 0 amide bonds. The molecule has 5 heteroatoms. The molecule has 1 fully saturated rings. The summed E-state index contributed by atoms with van der Waals surface area (Å²) < 4.78 is 13.0. The minimum absolute atomic E-state index is 0.298. The Labute approximate surface area is 110 Å². The van der Waals surface area contributed by atoms with Gasteiger partial charge in [-0.15, -0.1) is 0 Å². The topological polar surface area (TPSA) is 38.0 Å². The normalized spacial score (nSPS) is 24.7. The summed E-state index contributed by atoms with van der Waals surface area (Å²) in [4.78, 5) is 0. The Morgan fingerprint density at radius 2 is 1.65 bits per heavy atom. The minimum Gasteiger partial charge on any atom is -0.380 e. The van der Waals surface area contributed by atoms with Crippen molar-refractivity contribution in [3.63, 3.8) is 0 Å². The first kappa shape index (κ1) is 12.9. The third kappa shape index (κ3) is 3.24. The number of hydrogen-bond donors (Lipinski definition) is 2. The van der Waals surface area contributed by atoms with Crippen molar-refractivity contribution in [2.75, 3.05) is 5.32 Å². The van der Waals surface area contributed by atoms with Crippen LogP contribution in [0.2, 0.25) is 10.0 Å². The molecule has 17 heavy (non-hydrogen) atoms. The quantitative estimate of drug-likeness (QED) is 0.862. The van der Waals surface area contributed by atoms with Crippen molar-refractivity contribution in [2.24, 2.45) is 5.73 Å². The Kier molecular flexibility index (Phi) is 4.13. The molecule has 0 aliphatic heterocycles. The number of anilines is 1. The molecular weight excluding hydrogens is 262 g/mol. The van der Waals surface area contributed by atoms with Crippen LogP contribution in [0.3, 0.4) is 0 Å². The summed E-state index contributed by atoms with van der Waals surface area (Å²) in [5, 5.41) is 3.93. The predicted octanol–water partition coefficient (Wildman–Crippen LogP) is 3.81. The molecule has 1 aromatic carbocycles. The first-order valence-electron chi connectivity index (χ1n) is 5.73. The molecule has 1 aliphatic carbocycles. The van der Waals surface area contributed by atoms with Crippen LogP contribution in [0.15, 0.2) is 12.1 Å². The molecule has 1 aliphatic rings. The molecule has 2 nitrogen and oxygen atoms in total. The van der Waals surface area contributed by atoms with Crippen molar-refractivity contribution in [1.29, 1.82) is 0 Å². The number of hydrogen-bond acceptors (Lipinski definition) is 2. The first-order valence-corrected chi connectivity index (χ1v) is 6.48. The lowest BCUT2D eigenvalue weighted by Crippen LogP contribution is -2.32. The maximum Gasteiger partial charge on any atom is 0.126 e. The molecule has 0 bridgehead atoms. The van der Waals surface area contributed by atoms with Crippen LogP contribution in [0, 0.1) is 5.82 Å². The Hall–Kier alpha value is -0.510. The second kappa shape index (κ2) is 5.42. The second-order valence-electron chi connectivity index (χ2n) is 4.50. The summed E-state index contributed by atoms with van der Waals surface area (Å²) in [5.74, 6) is -0.420. The third-order valence-electron chi connectivity index (χ3n) is 3.13. The van der Waals surface area contributed by atoms with Gasteiger partial charge in [0.05, 0.1) is 15.7 Å². The van der Waals surface area contributed by atoms with Crippen LogP contribution in [0.25, 0.3) is 0 Å². The van der Waals surface area contributed by atoms with E-state index in [0.29, 0.717) is 27.8 Å². The molecule has 0 spiro atoms. The maximum absolute atomic E-state index is 13.0. The van der Waals surface area contributed by atoms with Crippen LogP contribution in [-0.4, -0.2) is 12.1 Å². The molecule has 0 atom stereocenters. The van der Waals surface area contributed by atoms with Crippen molar-refractivity contribution in [1.82, 2.24) is 0 Å². The van der Waals surface area contributed by atoms with E-state index in [1.165, 1.54) is 12.1 Å². The van der Waals surface area contributed by atoms with Gasteiger partial charge in [-0.3, -0.25) is 0 Å². The summed E-state index contributed by atoms with van der Waals surface area (Å²) in [6.45, 7) is 0. The molecule has 1 aromatic rings. The monoisotopic (exact) mass is 276 g/mol. The summed E-state index contributed by atoms with van der Waals surface area (Å²) >= 11 is 11.9. The summed E-state index contributed by atoms with van der Waals surface area (Å²) in [5.41, 5.74) is 6.46. The lowest BCUT2D eigenvalue weighted by atomic mass is 9.91. The lowest BCUT2D eigenvalue weighted by Gasteiger charge is -2.28. The molecular formula is C12H15Cl2FN2. The van der Waals surface area contributed by atoms with Crippen LogP contribution in [0.4, 0.5) is 10.1 Å². The highest BCUT2D eigenvalue weighted by molar-refractivity contribution is 6.39. The molecule has 0 heterocycles. The smallest absolute Gasteiger partial charge is 0.126 e. The zero-order chi connectivity index (χ0) is 12.4. The van der Waals surface area contributed by atoms with E-state index >= 15 is 0 Å². The molecule has 94 valence electrons. The minimum atomic E-state index is -0.420. The summed E-state index contributed by atoms with van der Waals surface area (Å²) in [7, 11) is 0. The van der Waals surface area contributed by atoms with E-state index in [1.54, 1.807) is 0 Å². The number of halogens is 3. The maximum atomic E-state index is 13.0. The fourth-order valence-corrected chi connectivity index (χ4v) is 2.72. The molecule has 0 radical (unpaired) electrons. The van der Waals surface area contributed by atoms with Crippen molar-refractivity contribution < 1.29 is 4.39 Å². The van der Waals surface area contributed by atoms with Gasteiger partial charge < -0.3 is 11.1 Å². The highest BCUT2D eigenvalue weighted by Crippen LogP contribution is 2.33. The summed E-state index contributed by atoms with van der Waals surface area (Å²) in [6.07, 6.45) is 3.97. The van der Waals surface area contributed by atoms with Gasteiger partial charge >= 0.3 is 0 Å². The van der Waals surface area contributed by atoms with Gasteiger partial charge in [0.2, 0.25) is 0 Å². The van der Waals surface area contributed by atoms with Crippen molar-refractivity contribution in [2.45, 2.75) is 37.8 Å². The zero-order valence-corrected chi connectivity index (χ0v) is 10.9. The fourth-order valence-electron chi connectivity index (χ4n) is 2.15. The SMILES string of the molecule is NC1CCC(Nc2c(Cl)cc(F)cc2Cl)CC1. The Balaban J connectivity index is 2.08. The average molecular weight is 277 g/mol. The number of benzene rings is 1. The molecule has 3 N–H and O–H groups in total. The van der Waals surface area contributed by atoms with Crippen molar-refractivity contribution in [3.8, 4) is 0 Å². The van der Waals surface area contributed by atoms with Gasteiger partial charge in [-0.05, 0) is 37.8 Å². The fraction of sp³-hybridized carbons (Fsp3) is 0.500. The van der Waals surface area contributed by atoms with Crippen LogP contribution in [0.1, 0.15) is 25.7 Å². The molecule has 2 rings (SSSR count). The first-order chi connectivity index (χ1) is 8.06. The second-order valence-corrected chi connectivity index (χ2v) is 5.31. The van der Waals surface area contributed by atoms with Crippen LogP contribution >= 0.6 is 23.2 Å². The van der Waals surface area contributed by atoms with Crippen LogP contribution in [-0.2, 0) is 0 Å². The van der Waals surface area contributed by atoms with Gasteiger partial charge in [-0.1, -0.05) is 23.2 Å². The van der Waals surface area contributed by atoms with Gasteiger partial charge in [0, 0.05) is 12.1 Å². The largest absolute Gasteiger partial charge is 0.380 e. The number of nitrogens with one attached hydrogen (secondary N) is 1. The molecule has 0 aromatic heterocycles. The van der Waals surface area contributed by atoms with Gasteiger partial charge in [-0.2, -0.15) is 0 Å². The van der Waals surface area contributed by atoms with E-state index in [1.807, 2.05) is 0 Å². The Morgan fingerprint density at radius 3 is 2.18 bits per heavy atom. The van der Waals surface area contributed by atoms with E-state index < -0.39 is 5.82 Å². The predicted molar refractivity (Wildman–Crippen MR) is 70.3 cm³/mol. The highest BCUT2D eigenvalue weighted by Gasteiger charge is 2.20. The van der Waals surface area contributed by atoms with E-state index in [9.17, 15) is 4.39 Å². The van der Waals surface area contributed by atoms with Gasteiger partial charge in [0.25, 0.3) is 0 Å². The van der Waals surface area contributed by atoms with Crippen molar-refractivity contribution in [3.05, 3.63) is 28.0 Å². The zero-order valence-electron chi connectivity index (χ0n) is 9.35. The third-order valence-corrected chi connectivity index (χ3v) is 3.72. The van der Waals surface area contributed by atoms with E-state index in [2.05, 4.69) is 5.32 Å². The molecule has 0 unspecified atom stereocenters. The van der Waals surface area contributed by atoms with E-state index in [0.717, 1.165) is 25.7 Å². The van der Waals surface area contributed by atoms with E-state index in [4.69, 9.17) is 28.9 Å². The van der Waals surface area contributed by atoms with Crippen LogP contribution < -0.4 is 11.1 Å². The highest BCUT2D eigenvalue weighted by atomic mass is 35.5. The van der Waals surface area contributed by atoms with Gasteiger partial charge in [0.15, 0.2) is 0 Å². The van der Waals surface area contributed by atoms with Gasteiger partial charge in [-0.25, -0.2) is 4.39 Å². The number of nitrogens with two attached hydrogens (primary N) is 1. The van der Waals surface area contributed by atoms with Crippen molar-refractivity contribution >= 4 is 28.9 Å². The lowest BCUT2D eigenvalue weighted by molar-refractivity contribution is 0.411. The molecule has 0 saturated heterocycles. The van der Waals surface area contributed by atoms with Crippen LogP contribution in [0.5, 0.6) is 0 Å². The Bertz CT molecular complexity index is 380. The number of rotatable bonds is 2.